The van der Waals surface area contributed by atoms with Gasteiger partial charge in [-0.05, 0) is 29.7 Å². The van der Waals surface area contributed by atoms with Crippen LogP contribution in [0.5, 0.6) is 0 Å². The Bertz CT molecular complexity index is 892. The molecular weight excluding hydrogens is 394 g/mol. The predicted molar refractivity (Wildman–Crippen MR) is 117 cm³/mol. The molecule has 0 saturated carbocycles. The first-order valence-corrected chi connectivity index (χ1v) is 11.8. The standard InChI is InChI=1S/C20H23N3OS3/c1-3-7-14(2)21-18(24)13-26-20-23-22-19(27-20)25-12-16-10-6-9-15-8-4-5-11-17(15)16/h4-6,8-11,14H,3,7,12-13H2,1-2H3,(H,21,24)/t14-/m0/s1. The van der Waals surface area contributed by atoms with Gasteiger partial charge in [0.05, 0.1) is 5.75 Å². The minimum Gasteiger partial charge on any atom is -0.353 e. The van der Waals surface area contributed by atoms with Crippen molar-refractivity contribution in [3.63, 3.8) is 0 Å². The molecule has 1 atom stereocenters. The normalized spacial score (nSPS) is 12.2. The lowest BCUT2D eigenvalue weighted by Crippen LogP contribution is -2.33. The summed E-state index contributed by atoms with van der Waals surface area (Å²) in [5.74, 6) is 1.30. The molecule has 142 valence electrons. The molecule has 7 heteroatoms. The molecule has 3 aromatic rings. The second kappa shape index (κ2) is 10.1. The van der Waals surface area contributed by atoms with E-state index in [1.54, 1.807) is 23.1 Å². The first-order chi connectivity index (χ1) is 13.2. The number of hydrogen-bond donors (Lipinski definition) is 1. The van der Waals surface area contributed by atoms with Crippen LogP contribution in [0.1, 0.15) is 32.3 Å². The summed E-state index contributed by atoms with van der Waals surface area (Å²) >= 11 is 4.70. The van der Waals surface area contributed by atoms with E-state index in [-0.39, 0.29) is 11.9 Å². The molecule has 0 unspecified atom stereocenters. The first-order valence-electron chi connectivity index (χ1n) is 9.01. The molecule has 1 N–H and O–H groups in total. The maximum atomic E-state index is 12.0. The van der Waals surface area contributed by atoms with Crippen molar-refractivity contribution in [2.24, 2.45) is 0 Å². The highest BCUT2D eigenvalue weighted by Crippen LogP contribution is 2.32. The number of amides is 1. The van der Waals surface area contributed by atoms with Gasteiger partial charge < -0.3 is 5.32 Å². The van der Waals surface area contributed by atoms with Crippen LogP contribution >= 0.6 is 34.9 Å². The van der Waals surface area contributed by atoms with Crippen LogP contribution in [0, 0.1) is 0 Å². The number of carbonyl (C=O) groups excluding carboxylic acids is 1. The molecular formula is C20H23N3OS3. The average Bonchev–Trinajstić information content (AvgIpc) is 3.13. The molecule has 0 bridgehead atoms. The third-order valence-corrected chi connectivity index (χ3v) is 7.31. The molecule has 0 fully saturated rings. The Morgan fingerprint density at radius 3 is 2.67 bits per heavy atom. The molecule has 0 aliphatic heterocycles. The van der Waals surface area contributed by atoms with Gasteiger partial charge in [0, 0.05) is 11.8 Å². The van der Waals surface area contributed by atoms with Crippen molar-refractivity contribution in [1.82, 2.24) is 15.5 Å². The van der Waals surface area contributed by atoms with Crippen molar-refractivity contribution in [3.05, 3.63) is 48.0 Å². The fraction of sp³-hybridized carbons (Fsp3) is 0.350. The molecule has 0 radical (unpaired) electrons. The van der Waals surface area contributed by atoms with Gasteiger partial charge in [0.1, 0.15) is 0 Å². The molecule has 2 aromatic carbocycles. The van der Waals surface area contributed by atoms with E-state index in [2.05, 4.69) is 64.9 Å². The number of nitrogens with zero attached hydrogens (tertiary/aromatic N) is 2. The summed E-state index contributed by atoms with van der Waals surface area (Å²) in [4.78, 5) is 12.0. The molecule has 0 aliphatic carbocycles. The van der Waals surface area contributed by atoms with E-state index in [9.17, 15) is 4.79 Å². The first kappa shape index (κ1) is 20.2. The van der Waals surface area contributed by atoms with Gasteiger partial charge in [-0.15, -0.1) is 10.2 Å². The van der Waals surface area contributed by atoms with Crippen molar-refractivity contribution in [3.8, 4) is 0 Å². The summed E-state index contributed by atoms with van der Waals surface area (Å²) in [6, 6.07) is 15.0. The van der Waals surface area contributed by atoms with E-state index >= 15 is 0 Å². The lowest BCUT2D eigenvalue weighted by molar-refractivity contribution is -0.119. The number of aromatic nitrogens is 2. The summed E-state index contributed by atoms with van der Waals surface area (Å²) in [6.45, 7) is 4.16. The zero-order valence-electron chi connectivity index (χ0n) is 15.5. The van der Waals surface area contributed by atoms with E-state index in [4.69, 9.17) is 0 Å². The maximum absolute atomic E-state index is 12.0. The third-order valence-electron chi connectivity index (χ3n) is 4.07. The van der Waals surface area contributed by atoms with Crippen LogP contribution in [0.25, 0.3) is 10.8 Å². The monoisotopic (exact) mass is 417 g/mol. The number of nitrogens with one attached hydrogen (secondary N) is 1. The molecule has 4 nitrogen and oxygen atoms in total. The van der Waals surface area contributed by atoms with Crippen LogP contribution in [0.2, 0.25) is 0 Å². The van der Waals surface area contributed by atoms with Crippen LogP contribution < -0.4 is 5.32 Å². The molecule has 0 aliphatic rings. The van der Waals surface area contributed by atoms with Gasteiger partial charge in [0.25, 0.3) is 0 Å². The van der Waals surface area contributed by atoms with Crippen molar-refractivity contribution >= 4 is 51.5 Å². The molecule has 27 heavy (non-hydrogen) atoms. The number of fused-ring (bicyclic) bond motifs is 1. The summed E-state index contributed by atoms with van der Waals surface area (Å²) in [7, 11) is 0. The summed E-state index contributed by atoms with van der Waals surface area (Å²) in [6.07, 6.45) is 2.08. The fourth-order valence-corrected chi connectivity index (χ4v) is 5.66. The van der Waals surface area contributed by atoms with Gasteiger partial charge in [-0.1, -0.05) is 90.7 Å². The van der Waals surface area contributed by atoms with Gasteiger partial charge in [-0.2, -0.15) is 0 Å². The number of rotatable bonds is 9. The third kappa shape index (κ3) is 5.96. The summed E-state index contributed by atoms with van der Waals surface area (Å²) < 4.78 is 1.78. The zero-order valence-corrected chi connectivity index (χ0v) is 17.9. The highest BCUT2D eigenvalue weighted by atomic mass is 32.2. The Morgan fingerprint density at radius 1 is 1.11 bits per heavy atom. The van der Waals surface area contributed by atoms with Gasteiger partial charge in [0.2, 0.25) is 5.91 Å². The number of thioether (sulfide) groups is 2. The Balaban J connectivity index is 1.51. The number of carbonyl (C=O) groups is 1. The molecule has 3 rings (SSSR count). The van der Waals surface area contributed by atoms with Crippen LogP contribution in [0.15, 0.2) is 51.1 Å². The van der Waals surface area contributed by atoms with E-state index in [1.807, 2.05) is 6.92 Å². The Kier molecular flexibility index (Phi) is 7.55. The van der Waals surface area contributed by atoms with Gasteiger partial charge in [-0.25, -0.2) is 0 Å². The van der Waals surface area contributed by atoms with E-state index < -0.39 is 0 Å². The molecule has 1 amide bonds. The fourth-order valence-electron chi connectivity index (χ4n) is 2.82. The van der Waals surface area contributed by atoms with Crippen molar-refractivity contribution in [2.75, 3.05) is 5.75 Å². The minimum absolute atomic E-state index is 0.0566. The lowest BCUT2D eigenvalue weighted by Gasteiger charge is -2.11. The highest BCUT2D eigenvalue weighted by Gasteiger charge is 2.11. The lowest BCUT2D eigenvalue weighted by atomic mass is 10.1. The van der Waals surface area contributed by atoms with Gasteiger partial charge >= 0.3 is 0 Å². The maximum Gasteiger partial charge on any atom is 0.230 e. The molecule has 1 aromatic heterocycles. The van der Waals surface area contributed by atoms with E-state index in [1.165, 1.54) is 28.1 Å². The average molecular weight is 418 g/mol. The van der Waals surface area contributed by atoms with Crippen LogP contribution in [0.3, 0.4) is 0 Å². The quantitative estimate of drug-likeness (QED) is 0.474. The summed E-state index contributed by atoms with van der Waals surface area (Å²) in [5.41, 5.74) is 1.30. The summed E-state index contributed by atoms with van der Waals surface area (Å²) in [5, 5.41) is 14.0. The van der Waals surface area contributed by atoms with Crippen LogP contribution in [-0.2, 0) is 10.5 Å². The highest BCUT2D eigenvalue weighted by molar-refractivity contribution is 8.03. The van der Waals surface area contributed by atoms with Crippen LogP contribution in [-0.4, -0.2) is 27.9 Å². The SMILES string of the molecule is CCC[C@H](C)NC(=O)CSc1nnc(SCc2cccc3ccccc23)s1. The Labute approximate surface area is 172 Å². The second-order valence-electron chi connectivity index (χ2n) is 6.31. The van der Waals surface area contributed by atoms with Crippen molar-refractivity contribution in [1.29, 1.82) is 0 Å². The van der Waals surface area contributed by atoms with E-state index in [0.29, 0.717) is 5.75 Å². The van der Waals surface area contributed by atoms with Gasteiger partial charge in [0.15, 0.2) is 8.68 Å². The Morgan fingerprint density at radius 2 is 1.85 bits per heavy atom. The van der Waals surface area contributed by atoms with Crippen LogP contribution in [0.4, 0.5) is 0 Å². The molecule has 0 spiro atoms. The topological polar surface area (TPSA) is 54.9 Å². The number of benzene rings is 2. The smallest absolute Gasteiger partial charge is 0.230 e. The van der Waals surface area contributed by atoms with Gasteiger partial charge in [-0.3, -0.25) is 4.79 Å². The van der Waals surface area contributed by atoms with Crippen molar-refractivity contribution < 1.29 is 4.79 Å². The number of hydrogen-bond acceptors (Lipinski definition) is 6. The van der Waals surface area contributed by atoms with E-state index in [0.717, 1.165) is 27.3 Å². The predicted octanol–water partition coefficient (Wildman–Crippen LogP) is 5.38. The zero-order chi connectivity index (χ0) is 19.1. The largest absolute Gasteiger partial charge is 0.353 e. The minimum atomic E-state index is 0.0566. The Hall–Kier alpha value is -1.57. The second-order valence-corrected chi connectivity index (χ2v) is 9.73. The molecule has 1 heterocycles. The van der Waals surface area contributed by atoms with Crippen molar-refractivity contribution in [2.45, 2.75) is 47.2 Å². The molecule has 0 saturated heterocycles.